The van der Waals surface area contributed by atoms with Gasteiger partial charge >= 0.3 is 0 Å². The van der Waals surface area contributed by atoms with Gasteiger partial charge in [0.05, 0.1) is 23.4 Å². The summed E-state index contributed by atoms with van der Waals surface area (Å²) >= 11 is 6.06. The number of nitrogens with zero attached hydrogens (tertiary/aromatic N) is 2. The van der Waals surface area contributed by atoms with Gasteiger partial charge in [0.2, 0.25) is 11.8 Å². The van der Waals surface area contributed by atoms with Crippen LogP contribution in [0.15, 0.2) is 41.4 Å². The quantitative estimate of drug-likeness (QED) is 0.138. The molecule has 1 aromatic carbocycles. The molecule has 0 spiro atoms. The number of benzene rings is 1. The molecule has 0 aromatic heterocycles. The van der Waals surface area contributed by atoms with Gasteiger partial charge in [0.1, 0.15) is 12.4 Å². The van der Waals surface area contributed by atoms with Gasteiger partial charge < -0.3 is 15.4 Å². The zero-order valence-corrected chi connectivity index (χ0v) is 19.8. The van der Waals surface area contributed by atoms with Crippen molar-refractivity contribution >= 4 is 53.4 Å². The number of hydrogen-bond donors (Lipinski definition) is 2. The Labute approximate surface area is 198 Å². The minimum atomic E-state index is -0.142. The van der Waals surface area contributed by atoms with Crippen molar-refractivity contribution in [3.8, 4) is 5.75 Å². The molecular weight excluding hydrogens is 519 g/mol. The number of fused-ring (bicyclic) bond motifs is 5. The lowest BCUT2D eigenvalue weighted by Crippen LogP contribution is -2.44. The summed E-state index contributed by atoms with van der Waals surface area (Å²) in [6, 6.07) is 7.31. The number of amides is 2. The lowest BCUT2D eigenvalue weighted by Gasteiger charge is -2.18. The Morgan fingerprint density at radius 3 is 2.40 bits per heavy atom. The smallest absolute Gasteiger partial charge is 0.233 e. The number of para-hydroxylation sites is 1. The van der Waals surface area contributed by atoms with Crippen LogP contribution in [0.2, 0.25) is 5.02 Å². The molecule has 1 heterocycles. The van der Waals surface area contributed by atoms with Crippen molar-refractivity contribution in [1.82, 2.24) is 15.5 Å². The molecule has 2 aliphatic carbocycles. The number of ether oxygens (including phenoxy) is 1. The van der Waals surface area contributed by atoms with Crippen LogP contribution >= 0.6 is 35.6 Å². The Bertz CT molecular complexity index is 832. The Hall–Kier alpha value is -1.81. The molecule has 4 rings (SSSR count). The largest absolute Gasteiger partial charge is 0.490 e. The Morgan fingerprint density at radius 2 is 1.77 bits per heavy atom. The monoisotopic (exact) mass is 544 g/mol. The Morgan fingerprint density at radius 1 is 1.13 bits per heavy atom. The summed E-state index contributed by atoms with van der Waals surface area (Å²) in [5.74, 6) is 1.39. The lowest BCUT2D eigenvalue weighted by molar-refractivity contribution is -0.140. The van der Waals surface area contributed by atoms with Crippen LogP contribution in [0.5, 0.6) is 5.75 Å². The van der Waals surface area contributed by atoms with Crippen LogP contribution in [0.25, 0.3) is 0 Å². The highest BCUT2D eigenvalue weighted by atomic mass is 127. The molecule has 9 heteroatoms. The van der Waals surface area contributed by atoms with Gasteiger partial charge in [-0.05, 0) is 30.4 Å². The van der Waals surface area contributed by atoms with Gasteiger partial charge in [0.25, 0.3) is 0 Å². The third kappa shape index (κ3) is 4.44. The molecule has 162 valence electrons. The average Bonchev–Trinajstić information content (AvgIpc) is 3.40. The lowest BCUT2D eigenvalue weighted by atomic mass is 9.85. The number of carbonyl (C=O) groups excluding carboxylic acids is 2. The van der Waals surface area contributed by atoms with E-state index in [9.17, 15) is 9.59 Å². The maximum absolute atomic E-state index is 12.7. The summed E-state index contributed by atoms with van der Waals surface area (Å²) < 4.78 is 5.63. The minimum absolute atomic E-state index is 0. The van der Waals surface area contributed by atoms with Gasteiger partial charge in [-0.15, -0.1) is 24.0 Å². The number of aliphatic imine (C=N–C) groups is 1. The van der Waals surface area contributed by atoms with Crippen LogP contribution in [-0.4, -0.2) is 56.0 Å². The molecule has 2 fully saturated rings. The number of carbonyl (C=O) groups is 2. The summed E-state index contributed by atoms with van der Waals surface area (Å²) in [5, 5.41) is 6.86. The topological polar surface area (TPSA) is 83.0 Å². The molecule has 1 aromatic rings. The summed E-state index contributed by atoms with van der Waals surface area (Å²) in [7, 11) is 1.67. The van der Waals surface area contributed by atoms with E-state index >= 15 is 0 Å². The molecule has 2 bridgehead atoms. The maximum Gasteiger partial charge on any atom is 0.233 e. The standard InChI is InChI=1S/C21H25ClN4O3.HI/c1-23-21(25-9-11-29-16-5-3-2-4-15(16)22)24-8-10-26-19(27)17-13-6-7-14(12-13)18(17)20(26)28;/h2-7,13-14,17-18H,8-12H2,1H3,(H2,23,24,25);1H. The van der Waals surface area contributed by atoms with Crippen molar-refractivity contribution in [2.24, 2.45) is 28.7 Å². The average molecular weight is 545 g/mol. The molecular formula is C21H26ClIN4O3. The minimum Gasteiger partial charge on any atom is -0.490 e. The number of nitrogens with one attached hydrogen (secondary N) is 2. The number of halogens is 2. The van der Waals surface area contributed by atoms with Crippen molar-refractivity contribution in [1.29, 1.82) is 0 Å². The zero-order chi connectivity index (χ0) is 20.4. The number of rotatable bonds is 7. The highest BCUT2D eigenvalue weighted by Crippen LogP contribution is 2.52. The summed E-state index contributed by atoms with van der Waals surface area (Å²) in [6.07, 6.45) is 5.16. The molecule has 3 aliphatic rings. The van der Waals surface area contributed by atoms with E-state index in [1.54, 1.807) is 13.1 Å². The number of hydrogen-bond acceptors (Lipinski definition) is 4. The molecule has 2 amide bonds. The van der Waals surface area contributed by atoms with Crippen molar-refractivity contribution in [2.75, 3.05) is 33.3 Å². The van der Waals surface area contributed by atoms with E-state index in [-0.39, 0.29) is 59.5 Å². The predicted molar refractivity (Wildman–Crippen MR) is 126 cm³/mol. The van der Waals surface area contributed by atoms with Crippen molar-refractivity contribution < 1.29 is 14.3 Å². The molecule has 7 nitrogen and oxygen atoms in total. The van der Waals surface area contributed by atoms with E-state index < -0.39 is 0 Å². The molecule has 30 heavy (non-hydrogen) atoms. The Kier molecular flexibility index (Phi) is 7.62. The number of guanidine groups is 1. The van der Waals surface area contributed by atoms with Crippen LogP contribution in [0.3, 0.4) is 0 Å². The molecule has 0 radical (unpaired) electrons. The van der Waals surface area contributed by atoms with Crippen molar-refractivity contribution in [3.63, 3.8) is 0 Å². The van der Waals surface area contributed by atoms with Crippen LogP contribution < -0.4 is 15.4 Å². The van der Waals surface area contributed by atoms with Gasteiger partial charge in [-0.3, -0.25) is 19.5 Å². The fourth-order valence-corrected chi connectivity index (χ4v) is 4.77. The van der Waals surface area contributed by atoms with Crippen LogP contribution in [-0.2, 0) is 9.59 Å². The van der Waals surface area contributed by atoms with E-state index in [2.05, 4.69) is 27.8 Å². The van der Waals surface area contributed by atoms with Crippen LogP contribution in [0, 0.1) is 23.7 Å². The molecule has 1 saturated heterocycles. The third-order valence-corrected chi connectivity index (χ3v) is 6.21. The van der Waals surface area contributed by atoms with Gasteiger partial charge in [-0.2, -0.15) is 0 Å². The SMILES string of the molecule is CN=C(NCCOc1ccccc1Cl)NCCN1C(=O)C2C3C=CC(C3)C2C1=O.I. The van der Waals surface area contributed by atoms with Gasteiger partial charge in [-0.25, -0.2) is 0 Å². The molecule has 1 aliphatic heterocycles. The first kappa shape index (κ1) is 22.9. The normalized spacial score (nSPS) is 26.6. The zero-order valence-electron chi connectivity index (χ0n) is 16.7. The Balaban J connectivity index is 0.00000256. The second kappa shape index (κ2) is 10.00. The van der Waals surface area contributed by atoms with E-state index in [0.717, 1.165) is 6.42 Å². The first-order chi connectivity index (χ1) is 14.1. The van der Waals surface area contributed by atoms with E-state index in [4.69, 9.17) is 16.3 Å². The molecule has 4 atom stereocenters. The summed E-state index contributed by atoms with van der Waals surface area (Å²) in [5.41, 5.74) is 0. The number of likely N-dealkylation sites (tertiary alicyclic amines) is 1. The first-order valence-corrected chi connectivity index (χ1v) is 10.3. The summed E-state index contributed by atoms with van der Waals surface area (Å²) in [6.45, 7) is 1.75. The third-order valence-electron chi connectivity index (χ3n) is 5.90. The fourth-order valence-electron chi connectivity index (χ4n) is 4.58. The van der Waals surface area contributed by atoms with E-state index in [1.165, 1.54) is 4.90 Å². The fraction of sp³-hybridized carbons (Fsp3) is 0.476. The highest BCUT2D eigenvalue weighted by Gasteiger charge is 2.58. The molecule has 2 N–H and O–H groups in total. The van der Waals surface area contributed by atoms with Crippen molar-refractivity contribution in [3.05, 3.63) is 41.4 Å². The molecule has 4 unspecified atom stereocenters. The second-order valence-electron chi connectivity index (χ2n) is 7.53. The predicted octanol–water partition coefficient (Wildman–Crippen LogP) is 2.31. The first-order valence-electron chi connectivity index (χ1n) is 9.95. The number of allylic oxidation sites excluding steroid dienone is 2. The van der Waals surface area contributed by atoms with Gasteiger partial charge in [-0.1, -0.05) is 35.9 Å². The summed E-state index contributed by atoms with van der Waals surface area (Å²) in [4.78, 5) is 30.9. The van der Waals surface area contributed by atoms with Crippen molar-refractivity contribution in [2.45, 2.75) is 6.42 Å². The van der Waals surface area contributed by atoms with E-state index in [0.29, 0.717) is 43.0 Å². The highest BCUT2D eigenvalue weighted by molar-refractivity contribution is 14.0. The van der Waals surface area contributed by atoms with Gasteiger partial charge in [0, 0.05) is 20.1 Å². The second-order valence-corrected chi connectivity index (χ2v) is 7.94. The van der Waals surface area contributed by atoms with E-state index in [1.807, 2.05) is 18.2 Å². The number of imide groups is 1. The maximum atomic E-state index is 12.7. The van der Waals surface area contributed by atoms with Crippen LogP contribution in [0.1, 0.15) is 6.42 Å². The van der Waals surface area contributed by atoms with Crippen LogP contribution in [0.4, 0.5) is 0 Å². The van der Waals surface area contributed by atoms with Gasteiger partial charge in [0.15, 0.2) is 5.96 Å². The molecule has 1 saturated carbocycles.